The molecule has 0 saturated heterocycles. The van der Waals surface area contributed by atoms with E-state index in [1.54, 1.807) is 0 Å². The molecule has 0 saturated carbocycles. The predicted octanol–water partition coefficient (Wildman–Crippen LogP) is 17.1. The van der Waals surface area contributed by atoms with Crippen molar-refractivity contribution < 1.29 is 24.5 Å². The van der Waals surface area contributed by atoms with E-state index in [1.807, 2.05) is 0 Å². The maximum absolute atomic E-state index is 13.2. The molecule has 0 aliphatic heterocycles. The highest BCUT2D eigenvalue weighted by Crippen LogP contribution is 2.17. The lowest BCUT2D eigenvalue weighted by atomic mass is 10.0. The number of amides is 1. The molecule has 0 aliphatic carbocycles. The van der Waals surface area contributed by atoms with E-state index in [4.69, 9.17) is 4.74 Å². The van der Waals surface area contributed by atoms with Crippen LogP contribution in [0, 0.1) is 0 Å². The van der Waals surface area contributed by atoms with Crippen LogP contribution in [0.2, 0.25) is 0 Å². The molecule has 3 unspecified atom stereocenters. The van der Waals surface area contributed by atoms with E-state index in [0.29, 0.717) is 25.7 Å². The highest BCUT2D eigenvalue weighted by atomic mass is 16.5. The van der Waals surface area contributed by atoms with Crippen molar-refractivity contribution in [2.45, 2.75) is 277 Å². The fourth-order valence-corrected chi connectivity index (χ4v) is 7.96. The highest BCUT2D eigenvalue weighted by molar-refractivity contribution is 5.77. The third-order valence-electron chi connectivity index (χ3n) is 12.2. The summed E-state index contributed by atoms with van der Waals surface area (Å²) in [5.41, 5.74) is 0. The normalized spacial score (nSPS) is 13.8. The Hall–Kier alpha value is -2.96. The number of allylic oxidation sites excluding steroid dienone is 14. The molecule has 0 heterocycles. The molecule has 0 aromatic rings. The largest absolute Gasteiger partial charge is 0.462 e. The number of esters is 1. The van der Waals surface area contributed by atoms with Crippen molar-refractivity contribution in [3.63, 3.8) is 0 Å². The van der Waals surface area contributed by atoms with Crippen LogP contribution in [0.4, 0.5) is 0 Å². The van der Waals surface area contributed by atoms with Gasteiger partial charge in [0.1, 0.15) is 6.10 Å². The number of aliphatic hydroxyl groups is 2. The SMILES string of the molecule is CCCCC/C=C\C/C=C\C/C=C\C/C=C\CCCC(=O)OC(CCCCCC/C=C\C/C=C\C/C=C\CCCCC)CC(=O)NC(CO)C(O)CCCCCCCCCCCCCCC. The van der Waals surface area contributed by atoms with E-state index in [-0.39, 0.29) is 24.9 Å². The number of rotatable bonds is 49. The minimum absolute atomic E-state index is 0.0375. The second kappa shape index (κ2) is 53.0. The summed E-state index contributed by atoms with van der Waals surface area (Å²) in [6.07, 6.45) is 69.3. The lowest BCUT2D eigenvalue weighted by Crippen LogP contribution is -2.46. The Morgan fingerprint density at radius 1 is 0.439 bits per heavy atom. The number of hydrogen-bond donors (Lipinski definition) is 3. The number of ether oxygens (including phenoxy) is 1. The van der Waals surface area contributed by atoms with E-state index >= 15 is 0 Å². The highest BCUT2D eigenvalue weighted by Gasteiger charge is 2.24. The summed E-state index contributed by atoms with van der Waals surface area (Å²) in [4.78, 5) is 26.2. The van der Waals surface area contributed by atoms with Crippen molar-refractivity contribution in [2.24, 2.45) is 0 Å². The van der Waals surface area contributed by atoms with E-state index in [1.165, 1.54) is 116 Å². The van der Waals surface area contributed by atoms with Gasteiger partial charge in [0.25, 0.3) is 0 Å². The minimum Gasteiger partial charge on any atom is -0.462 e. The molecule has 3 atom stereocenters. The summed E-state index contributed by atoms with van der Waals surface area (Å²) in [6, 6.07) is -0.725. The Labute approximate surface area is 408 Å². The van der Waals surface area contributed by atoms with Gasteiger partial charge in [-0.2, -0.15) is 0 Å². The molecule has 0 aromatic carbocycles. The quantitative estimate of drug-likeness (QED) is 0.0321. The molecule has 380 valence electrons. The average molecular weight is 921 g/mol. The molecule has 0 bridgehead atoms. The standard InChI is InChI=1S/C60H105NO5/c1-4-7-10-13-16-19-22-25-27-29-31-34-36-39-42-45-48-51-56(66-60(65)53-50-47-44-41-38-35-32-30-28-26-23-20-17-14-11-8-5-2)54-59(64)61-57(55-62)58(63)52-49-46-43-40-37-33-24-21-18-15-12-9-6-3/h16-17,19-20,25-28,31-32,34-35,41,44,56-58,62-63H,4-15,18,21-24,29-30,33,36-40,42-43,45-55H2,1-3H3,(H,61,64)/b19-16-,20-17-,27-25-,28-26-,34-31-,35-32-,44-41-. The zero-order valence-electron chi connectivity index (χ0n) is 43.3. The van der Waals surface area contributed by atoms with Crippen molar-refractivity contribution in [2.75, 3.05) is 6.61 Å². The van der Waals surface area contributed by atoms with E-state index in [0.717, 1.165) is 89.9 Å². The molecule has 66 heavy (non-hydrogen) atoms. The monoisotopic (exact) mass is 920 g/mol. The van der Waals surface area contributed by atoms with Crippen molar-refractivity contribution in [1.29, 1.82) is 0 Å². The fourth-order valence-electron chi connectivity index (χ4n) is 7.96. The molecule has 6 heteroatoms. The average Bonchev–Trinajstić information content (AvgIpc) is 3.31. The summed E-state index contributed by atoms with van der Waals surface area (Å²) in [6.45, 7) is 6.41. The third kappa shape index (κ3) is 47.5. The maximum Gasteiger partial charge on any atom is 0.306 e. The van der Waals surface area contributed by atoms with Gasteiger partial charge in [-0.3, -0.25) is 9.59 Å². The van der Waals surface area contributed by atoms with Crippen LogP contribution in [0.1, 0.15) is 258 Å². The first-order valence-corrected chi connectivity index (χ1v) is 27.8. The van der Waals surface area contributed by atoms with Crippen molar-refractivity contribution >= 4 is 11.9 Å². The van der Waals surface area contributed by atoms with Crippen LogP contribution >= 0.6 is 0 Å². The van der Waals surface area contributed by atoms with Crippen LogP contribution in [0.25, 0.3) is 0 Å². The molecule has 0 radical (unpaired) electrons. The Balaban J connectivity index is 4.73. The van der Waals surface area contributed by atoms with Gasteiger partial charge in [-0.1, -0.05) is 228 Å². The van der Waals surface area contributed by atoms with E-state index in [9.17, 15) is 19.8 Å². The molecule has 0 aromatic heterocycles. The van der Waals surface area contributed by atoms with Gasteiger partial charge in [0.15, 0.2) is 0 Å². The first kappa shape index (κ1) is 63.0. The van der Waals surface area contributed by atoms with E-state index < -0.39 is 18.2 Å². The molecule has 6 nitrogen and oxygen atoms in total. The zero-order chi connectivity index (χ0) is 48.1. The van der Waals surface area contributed by atoms with Gasteiger partial charge in [0.2, 0.25) is 5.91 Å². The molecule has 3 N–H and O–H groups in total. The van der Waals surface area contributed by atoms with Gasteiger partial charge in [-0.15, -0.1) is 0 Å². The topological polar surface area (TPSA) is 95.9 Å². The molecule has 0 rings (SSSR count). The van der Waals surface area contributed by atoms with Crippen LogP contribution in [0.15, 0.2) is 85.1 Å². The third-order valence-corrected chi connectivity index (χ3v) is 12.2. The Bertz CT molecular complexity index is 1260. The summed E-state index contributed by atoms with van der Waals surface area (Å²) in [5.74, 6) is -0.563. The first-order chi connectivity index (χ1) is 32.5. The number of hydrogen-bond acceptors (Lipinski definition) is 5. The molecule has 0 aliphatic rings. The summed E-state index contributed by atoms with van der Waals surface area (Å²) in [7, 11) is 0. The number of carbonyl (C=O) groups excluding carboxylic acids is 2. The van der Waals surface area contributed by atoms with Crippen LogP contribution < -0.4 is 5.32 Å². The summed E-state index contributed by atoms with van der Waals surface area (Å²) in [5, 5.41) is 23.8. The molecular weight excluding hydrogens is 815 g/mol. The number of unbranched alkanes of at least 4 members (excludes halogenated alkanes) is 23. The van der Waals surface area contributed by atoms with Crippen molar-refractivity contribution in [1.82, 2.24) is 5.32 Å². The number of carbonyl (C=O) groups is 2. The summed E-state index contributed by atoms with van der Waals surface area (Å²) < 4.78 is 5.92. The Morgan fingerprint density at radius 2 is 0.773 bits per heavy atom. The predicted molar refractivity (Wildman–Crippen MR) is 287 cm³/mol. The van der Waals surface area contributed by atoms with Gasteiger partial charge in [-0.05, 0) is 103 Å². The lowest BCUT2D eigenvalue weighted by Gasteiger charge is -2.24. The molecule has 0 fully saturated rings. The van der Waals surface area contributed by atoms with Crippen LogP contribution in [-0.2, 0) is 14.3 Å². The lowest BCUT2D eigenvalue weighted by molar-refractivity contribution is -0.151. The second-order valence-electron chi connectivity index (χ2n) is 18.6. The van der Waals surface area contributed by atoms with Gasteiger partial charge >= 0.3 is 5.97 Å². The van der Waals surface area contributed by atoms with Gasteiger partial charge in [-0.25, -0.2) is 0 Å². The van der Waals surface area contributed by atoms with E-state index in [2.05, 4.69) is 111 Å². The van der Waals surface area contributed by atoms with Gasteiger partial charge < -0.3 is 20.3 Å². The smallest absolute Gasteiger partial charge is 0.306 e. The van der Waals surface area contributed by atoms with Crippen LogP contribution in [-0.4, -0.2) is 46.9 Å². The molecular formula is C60H105NO5. The van der Waals surface area contributed by atoms with Crippen molar-refractivity contribution in [3.8, 4) is 0 Å². The van der Waals surface area contributed by atoms with Crippen LogP contribution in [0.5, 0.6) is 0 Å². The maximum atomic E-state index is 13.2. The molecule has 1 amide bonds. The molecule has 0 spiro atoms. The summed E-state index contributed by atoms with van der Waals surface area (Å²) >= 11 is 0. The van der Waals surface area contributed by atoms with Crippen molar-refractivity contribution in [3.05, 3.63) is 85.1 Å². The Morgan fingerprint density at radius 3 is 1.20 bits per heavy atom. The zero-order valence-corrected chi connectivity index (χ0v) is 43.3. The fraction of sp³-hybridized carbons (Fsp3) is 0.733. The van der Waals surface area contributed by atoms with Gasteiger partial charge in [0.05, 0.1) is 25.2 Å². The van der Waals surface area contributed by atoms with Gasteiger partial charge in [0, 0.05) is 6.42 Å². The Kier molecular flexibility index (Phi) is 50.6. The number of aliphatic hydroxyl groups excluding tert-OH is 2. The number of nitrogens with one attached hydrogen (secondary N) is 1. The first-order valence-electron chi connectivity index (χ1n) is 27.8. The second-order valence-corrected chi connectivity index (χ2v) is 18.6. The minimum atomic E-state index is -0.808. The van der Waals surface area contributed by atoms with Crippen LogP contribution in [0.3, 0.4) is 0 Å².